The summed E-state index contributed by atoms with van der Waals surface area (Å²) in [5.74, 6) is -0.0287. The highest BCUT2D eigenvalue weighted by atomic mass is 16.5. The molecule has 0 unspecified atom stereocenters. The largest absolute Gasteiger partial charge is 0.491 e. The Kier molecular flexibility index (Phi) is 3.99. The lowest BCUT2D eigenvalue weighted by molar-refractivity contribution is -0.132. The minimum Gasteiger partial charge on any atom is -0.491 e. The zero-order valence-corrected chi connectivity index (χ0v) is 10.3. The number of carboxylic acids is 1. The van der Waals surface area contributed by atoms with Gasteiger partial charge in [-0.2, -0.15) is 0 Å². The number of ether oxygens (including phenoxy) is 2. The van der Waals surface area contributed by atoms with Gasteiger partial charge < -0.3 is 14.6 Å². The average molecular weight is 248 g/mol. The van der Waals surface area contributed by atoms with Crippen molar-refractivity contribution in [1.29, 1.82) is 0 Å². The van der Waals surface area contributed by atoms with Crippen LogP contribution in [0.5, 0.6) is 5.75 Å². The maximum absolute atomic E-state index is 10.9. The van der Waals surface area contributed by atoms with Crippen molar-refractivity contribution in [2.75, 3.05) is 20.3 Å². The molecule has 4 nitrogen and oxygen atoms in total. The summed E-state index contributed by atoms with van der Waals surface area (Å²) in [7, 11) is 1.63. The van der Waals surface area contributed by atoms with Crippen LogP contribution in [0.4, 0.5) is 0 Å². The quantitative estimate of drug-likeness (QED) is 0.811. The van der Waals surface area contributed by atoms with Crippen LogP contribution in [0.15, 0.2) is 23.8 Å². The van der Waals surface area contributed by atoms with Gasteiger partial charge in [0.2, 0.25) is 0 Å². The van der Waals surface area contributed by atoms with Gasteiger partial charge in [0.25, 0.3) is 0 Å². The van der Waals surface area contributed by atoms with E-state index in [0.717, 1.165) is 23.3 Å². The first-order valence-electron chi connectivity index (χ1n) is 5.89. The molecule has 0 aliphatic heterocycles. The third-order valence-corrected chi connectivity index (χ3v) is 2.94. The van der Waals surface area contributed by atoms with E-state index in [-0.39, 0.29) is 0 Å². The molecule has 0 heterocycles. The van der Waals surface area contributed by atoms with E-state index in [0.29, 0.717) is 25.2 Å². The van der Waals surface area contributed by atoms with Crippen LogP contribution in [-0.2, 0) is 16.0 Å². The molecule has 1 N–H and O–H groups in total. The Balaban J connectivity index is 2.12. The summed E-state index contributed by atoms with van der Waals surface area (Å²) < 4.78 is 10.4. The summed E-state index contributed by atoms with van der Waals surface area (Å²) in [6, 6.07) is 5.73. The van der Waals surface area contributed by atoms with Crippen molar-refractivity contribution < 1.29 is 19.4 Å². The van der Waals surface area contributed by atoms with Crippen LogP contribution in [0.2, 0.25) is 0 Å². The first-order valence-corrected chi connectivity index (χ1v) is 5.89. The van der Waals surface area contributed by atoms with E-state index in [9.17, 15) is 4.79 Å². The first kappa shape index (κ1) is 12.6. The van der Waals surface area contributed by atoms with Crippen LogP contribution >= 0.6 is 0 Å². The molecule has 0 fully saturated rings. The van der Waals surface area contributed by atoms with Crippen LogP contribution in [0.3, 0.4) is 0 Å². The van der Waals surface area contributed by atoms with Gasteiger partial charge in [-0.3, -0.25) is 0 Å². The van der Waals surface area contributed by atoms with Gasteiger partial charge in [0.15, 0.2) is 0 Å². The fraction of sp³-hybridized carbons (Fsp3) is 0.357. The molecular formula is C14H16O4. The van der Waals surface area contributed by atoms with Crippen LogP contribution in [-0.4, -0.2) is 31.4 Å². The molecule has 1 aromatic carbocycles. The highest BCUT2D eigenvalue weighted by molar-refractivity contribution is 5.93. The van der Waals surface area contributed by atoms with Crippen molar-refractivity contribution in [2.45, 2.75) is 12.8 Å². The maximum Gasteiger partial charge on any atom is 0.331 e. The number of benzene rings is 1. The fourth-order valence-electron chi connectivity index (χ4n) is 1.97. The number of rotatable bonds is 5. The summed E-state index contributed by atoms with van der Waals surface area (Å²) in [4.78, 5) is 10.9. The molecule has 0 spiro atoms. The molecular weight excluding hydrogens is 232 g/mol. The minimum absolute atomic E-state index is 0.468. The van der Waals surface area contributed by atoms with Gasteiger partial charge in [0.05, 0.1) is 6.61 Å². The zero-order valence-electron chi connectivity index (χ0n) is 10.3. The van der Waals surface area contributed by atoms with E-state index in [2.05, 4.69) is 0 Å². The third kappa shape index (κ3) is 2.90. The topological polar surface area (TPSA) is 55.8 Å². The number of methoxy groups -OCH3 is 1. The van der Waals surface area contributed by atoms with Crippen molar-refractivity contribution in [3.63, 3.8) is 0 Å². The third-order valence-electron chi connectivity index (χ3n) is 2.94. The molecule has 0 radical (unpaired) electrons. The van der Waals surface area contributed by atoms with Gasteiger partial charge in [-0.15, -0.1) is 0 Å². The number of aliphatic carboxylic acids is 1. The predicted molar refractivity (Wildman–Crippen MR) is 67.7 cm³/mol. The van der Waals surface area contributed by atoms with Crippen LogP contribution in [0.1, 0.15) is 17.5 Å². The van der Waals surface area contributed by atoms with Gasteiger partial charge >= 0.3 is 5.97 Å². The summed E-state index contributed by atoms with van der Waals surface area (Å²) in [6.45, 7) is 1.08. The second-order valence-electron chi connectivity index (χ2n) is 4.18. The Bertz CT molecular complexity index is 477. The van der Waals surface area contributed by atoms with E-state index in [1.807, 2.05) is 18.2 Å². The second-order valence-corrected chi connectivity index (χ2v) is 4.18. The Morgan fingerprint density at radius 2 is 2.17 bits per heavy atom. The molecule has 0 saturated carbocycles. The highest BCUT2D eigenvalue weighted by Gasteiger charge is 2.15. The molecule has 2 rings (SSSR count). The number of aryl methyl sites for hydroxylation is 1. The van der Waals surface area contributed by atoms with Gasteiger partial charge in [-0.05, 0) is 42.2 Å². The standard InChI is InChI=1S/C14H16O4/c1-17-6-7-18-13-5-4-10-8-12(14(15)16)3-2-11(10)9-13/h4-5,8-9H,2-3,6-7H2,1H3,(H,15,16). The normalized spacial score (nSPS) is 13.7. The van der Waals surface area contributed by atoms with Crippen molar-refractivity contribution in [3.8, 4) is 5.75 Å². The lowest BCUT2D eigenvalue weighted by Gasteiger charge is -2.15. The molecule has 18 heavy (non-hydrogen) atoms. The molecule has 0 saturated heterocycles. The first-order chi connectivity index (χ1) is 8.70. The van der Waals surface area contributed by atoms with Crippen molar-refractivity contribution >= 4 is 12.0 Å². The summed E-state index contributed by atoms with van der Waals surface area (Å²) in [5.41, 5.74) is 2.57. The van der Waals surface area contributed by atoms with Gasteiger partial charge in [0, 0.05) is 12.7 Å². The molecule has 0 amide bonds. The van der Waals surface area contributed by atoms with E-state index in [1.54, 1.807) is 13.2 Å². The minimum atomic E-state index is -0.832. The summed E-state index contributed by atoms with van der Waals surface area (Å²) in [5, 5.41) is 8.95. The lowest BCUT2D eigenvalue weighted by Crippen LogP contribution is -2.08. The van der Waals surface area contributed by atoms with Gasteiger partial charge in [-0.25, -0.2) is 4.79 Å². The Morgan fingerprint density at radius 3 is 2.89 bits per heavy atom. The number of hydrogen-bond acceptors (Lipinski definition) is 3. The predicted octanol–water partition coefficient (Wildman–Crippen LogP) is 2.13. The molecule has 0 atom stereocenters. The van der Waals surface area contributed by atoms with Gasteiger partial charge in [0.1, 0.15) is 12.4 Å². The highest BCUT2D eigenvalue weighted by Crippen LogP contribution is 2.27. The van der Waals surface area contributed by atoms with Crippen molar-refractivity contribution in [2.24, 2.45) is 0 Å². The smallest absolute Gasteiger partial charge is 0.331 e. The number of carboxylic acid groups (broad SMARTS) is 1. The number of carbonyl (C=O) groups is 1. The zero-order chi connectivity index (χ0) is 13.0. The summed E-state index contributed by atoms with van der Waals surface area (Å²) >= 11 is 0. The fourth-order valence-corrected chi connectivity index (χ4v) is 1.97. The van der Waals surface area contributed by atoms with Crippen LogP contribution in [0, 0.1) is 0 Å². The summed E-state index contributed by atoms with van der Waals surface area (Å²) in [6.07, 6.45) is 3.05. The Labute approximate surface area is 106 Å². The number of hydrogen-bond donors (Lipinski definition) is 1. The van der Waals surface area contributed by atoms with Crippen molar-refractivity contribution in [1.82, 2.24) is 0 Å². The van der Waals surface area contributed by atoms with E-state index >= 15 is 0 Å². The van der Waals surface area contributed by atoms with E-state index < -0.39 is 5.97 Å². The number of fused-ring (bicyclic) bond motifs is 1. The molecule has 0 aromatic heterocycles. The van der Waals surface area contributed by atoms with Crippen LogP contribution in [0.25, 0.3) is 6.08 Å². The second kappa shape index (κ2) is 5.69. The Hall–Kier alpha value is -1.81. The Morgan fingerprint density at radius 1 is 1.33 bits per heavy atom. The molecule has 1 aromatic rings. The van der Waals surface area contributed by atoms with E-state index in [1.165, 1.54) is 0 Å². The molecule has 4 heteroatoms. The maximum atomic E-state index is 10.9. The van der Waals surface area contributed by atoms with Crippen molar-refractivity contribution in [3.05, 3.63) is 34.9 Å². The monoisotopic (exact) mass is 248 g/mol. The molecule has 1 aliphatic rings. The average Bonchev–Trinajstić information content (AvgIpc) is 2.38. The SMILES string of the molecule is COCCOc1ccc2c(c1)CCC(C(=O)O)=C2. The molecule has 0 bridgehead atoms. The van der Waals surface area contributed by atoms with Crippen LogP contribution < -0.4 is 4.74 Å². The molecule has 1 aliphatic carbocycles. The molecule has 96 valence electrons. The van der Waals surface area contributed by atoms with E-state index in [4.69, 9.17) is 14.6 Å². The lowest BCUT2D eigenvalue weighted by atomic mass is 9.92. The van der Waals surface area contributed by atoms with Gasteiger partial charge in [-0.1, -0.05) is 6.07 Å².